The Hall–Kier alpha value is -3.26. The Kier molecular flexibility index (Phi) is 5.77. The van der Waals surface area contributed by atoms with E-state index in [-0.39, 0.29) is 23.9 Å². The Labute approximate surface area is 155 Å². The first kappa shape index (κ1) is 18.5. The minimum atomic E-state index is -0.833. The number of non-ortho nitro benzene ring substituents is 1. The lowest BCUT2D eigenvalue weighted by molar-refractivity contribution is -0.384. The lowest BCUT2D eigenvalue weighted by atomic mass is 10.1. The zero-order valence-electron chi connectivity index (χ0n) is 14.5. The van der Waals surface area contributed by atoms with E-state index in [0.29, 0.717) is 25.4 Å². The van der Waals surface area contributed by atoms with Crippen molar-refractivity contribution < 1.29 is 19.2 Å². The molecule has 0 radical (unpaired) electrons. The Morgan fingerprint density at radius 1 is 1.19 bits per heavy atom. The highest BCUT2D eigenvalue weighted by Crippen LogP contribution is 2.18. The highest BCUT2D eigenvalue weighted by atomic mass is 16.6. The summed E-state index contributed by atoms with van der Waals surface area (Å²) in [5.41, 5.74) is 1.38. The Balaban J connectivity index is 1.56. The highest BCUT2D eigenvalue weighted by Gasteiger charge is 2.31. The van der Waals surface area contributed by atoms with Gasteiger partial charge in [-0.1, -0.05) is 30.3 Å². The van der Waals surface area contributed by atoms with Gasteiger partial charge in [0.2, 0.25) is 5.91 Å². The summed E-state index contributed by atoms with van der Waals surface area (Å²) in [6.07, 6.45) is -0.943. The highest BCUT2D eigenvalue weighted by molar-refractivity contribution is 5.95. The van der Waals surface area contributed by atoms with Gasteiger partial charge < -0.3 is 15.0 Å². The summed E-state index contributed by atoms with van der Waals surface area (Å²) in [7, 11) is 0. The molecule has 1 saturated heterocycles. The Morgan fingerprint density at radius 3 is 2.56 bits per heavy atom. The number of ether oxygens (including phenoxy) is 1. The van der Waals surface area contributed by atoms with Gasteiger partial charge in [0, 0.05) is 30.9 Å². The lowest BCUT2D eigenvalue weighted by Gasteiger charge is -2.32. The third-order valence-corrected chi connectivity index (χ3v) is 4.22. The molecule has 8 heteroatoms. The van der Waals surface area contributed by atoms with Gasteiger partial charge in [0.1, 0.15) is 6.10 Å². The molecule has 2 amide bonds. The molecule has 1 fully saturated rings. The number of nitrogens with one attached hydrogen (secondary N) is 1. The molecule has 1 heterocycles. The summed E-state index contributed by atoms with van der Waals surface area (Å²) in [6.45, 7) is 1.33. The van der Waals surface area contributed by atoms with Gasteiger partial charge in [-0.05, 0) is 17.7 Å². The first-order valence-electron chi connectivity index (χ1n) is 8.51. The molecule has 0 spiro atoms. The first-order chi connectivity index (χ1) is 13.0. The third kappa shape index (κ3) is 4.89. The quantitative estimate of drug-likeness (QED) is 0.622. The molecule has 0 bridgehead atoms. The predicted molar refractivity (Wildman–Crippen MR) is 97.9 cm³/mol. The maximum atomic E-state index is 12.6. The number of nitro benzene ring substituents is 1. The van der Waals surface area contributed by atoms with Gasteiger partial charge in [0.15, 0.2) is 0 Å². The van der Waals surface area contributed by atoms with Crippen LogP contribution in [0.5, 0.6) is 0 Å². The second-order valence-corrected chi connectivity index (χ2v) is 6.16. The van der Waals surface area contributed by atoms with E-state index in [1.54, 1.807) is 4.90 Å². The fourth-order valence-electron chi connectivity index (χ4n) is 2.84. The molecule has 27 heavy (non-hydrogen) atoms. The van der Waals surface area contributed by atoms with E-state index in [2.05, 4.69) is 5.32 Å². The average molecular weight is 369 g/mol. The molecule has 140 valence electrons. The van der Waals surface area contributed by atoms with Crippen molar-refractivity contribution in [2.24, 2.45) is 0 Å². The predicted octanol–water partition coefficient (Wildman–Crippen LogP) is 2.35. The fraction of sp³-hybridized carbons (Fsp3) is 0.263. The van der Waals surface area contributed by atoms with Crippen LogP contribution in [0.2, 0.25) is 0 Å². The minimum Gasteiger partial charge on any atom is -0.366 e. The number of anilines is 1. The second kappa shape index (κ2) is 8.41. The van der Waals surface area contributed by atoms with E-state index in [9.17, 15) is 19.7 Å². The van der Waals surface area contributed by atoms with Crippen LogP contribution in [0.1, 0.15) is 12.0 Å². The summed E-state index contributed by atoms with van der Waals surface area (Å²) in [5.74, 6) is -0.604. The molecule has 2 aromatic rings. The zero-order chi connectivity index (χ0) is 19.2. The van der Waals surface area contributed by atoms with Crippen molar-refractivity contribution in [2.75, 3.05) is 18.5 Å². The number of rotatable bonds is 6. The van der Waals surface area contributed by atoms with Crippen LogP contribution >= 0.6 is 0 Å². The van der Waals surface area contributed by atoms with E-state index < -0.39 is 11.0 Å². The van der Waals surface area contributed by atoms with Gasteiger partial charge in [0.25, 0.3) is 11.6 Å². The summed E-state index contributed by atoms with van der Waals surface area (Å²) < 4.78 is 5.48. The maximum Gasteiger partial charge on any atom is 0.269 e. The van der Waals surface area contributed by atoms with Crippen molar-refractivity contribution >= 4 is 23.2 Å². The number of carbonyl (C=O) groups is 2. The number of hydrogen-bond donors (Lipinski definition) is 1. The molecule has 1 aliphatic rings. The van der Waals surface area contributed by atoms with Crippen LogP contribution in [-0.2, 0) is 20.9 Å². The van der Waals surface area contributed by atoms with E-state index in [0.717, 1.165) is 5.56 Å². The van der Waals surface area contributed by atoms with Crippen LogP contribution in [0.25, 0.3) is 0 Å². The van der Waals surface area contributed by atoms with Gasteiger partial charge >= 0.3 is 0 Å². The van der Waals surface area contributed by atoms with E-state index >= 15 is 0 Å². The number of carbonyl (C=O) groups excluding carboxylic acids is 2. The zero-order valence-corrected chi connectivity index (χ0v) is 14.5. The SMILES string of the molecule is O=C(CC1OCCN(Cc2ccccc2)C1=O)Nc1ccc([N+](=O)[O-])cc1. The monoisotopic (exact) mass is 369 g/mol. The fourth-order valence-corrected chi connectivity index (χ4v) is 2.84. The van der Waals surface area contributed by atoms with Crippen molar-refractivity contribution in [1.82, 2.24) is 4.90 Å². The van der Waals surface area contributed by atoms with E-state index in [4.69, 9.17) is 4.74 Å². The Morgan fingerprint density at radius 2 is 1.89 bits per heavy atom. The van der Waals surface area contributed by atoms with Crippen molar-refractivity contribution in [3.8, 4) is 0 Å². The van der Waals surface area contributed by atoms with Gasteiger partial charge in [-0.2, -0.15) is 0 Å². The molecule has 0 aromatic heterocycles. The van der Waals surface area contributed by atoms with Gasteiger partial charge in [0.05, 0.1) is 18.0 Å². The number of nitrogens with zero attached hydrogens (tertiary/aromatic N) is 2. The summed E-state index contributed by atoms with van der Waals surface area (Å²) in [6, 6.07) is 15.1. The minimum absolute atomic E-state index is 0.0599. The number of morpholine rings is 1. The number of benzene rings is 2. The Bertz CT molecular complexity index is 823. The maximum absolute atomic E-state index is 12.6. The molecule has 1 N–H and O–H groups in total. The van der Waals surface area contributed by atoms with Crippen LogP contribution in [0.15, 0.2) is 54.6 Å². The van der Waals surface area contributed by atoms with Crippen LogP contribution in [0.4, 0.5) is 11.4 Å². The van der Waals surface area contributed by atoms with Gasteiger partial charge in [-0.15, -0.1) is 0 Å². The van der Waals surface area contributed by atoms with Gasteiger partial charge in [-0.25, -0.2) is 0 Å². The molecule has 0 saturated carbocycles. The number of amides is 2. The van der Waals surface area contributed by atoms with Crippen molar-refractivity contribution in [2.45, 2.75) is 19.1 Å². The van der Waals surface area contributed by atoms with E-state index in [1.807, 2.05) is 30.3 Å². The van der Waals surface area contributed by atoms with Crippen LogP contribution in [0.3, 0.4) is 0 Å². The molecule has 3 rings (SSSR count). The average Bonchev–Trinajstić information content (AvgIpc) is 2.66. The standard InChI is InChI=1S/C19H19N3O5/c23-18(20-15-6-8-16(9-7-15)22(25)26)12-17-19(24)21(10-11-27-17)13-14-4-2-1-3-5-14/h1-9,17H,10-13H2,(H,20,23). The largest absolute Gasteiger partial charge is 0.366 e. The normalized spacial score (nSPS) is 16.8. The molecule has 8 nitrogen and oxygen atoms in total. The second-order valence-electron chi connectivity index (χ2n) is 6.16. The van der Waals surface area contributed by atoms with E-state index in [1.165, 1.54) is 24.3 Å². The van der Waals surface area contributed by atoms with Crippen molar-refractivity contribution in [3.63, 3.8) is 0 Å². The van der Waals surface area contributed by atoms with Crippen LogP contribution in [0, 0.1) is 10.1 Å². The smallest absolute Gasteiger partial charge is 0.269 e. The molecular weight excluding hydrogens is 350 g/mol. The first-order valence-corrected chi connectivity index (χ1v) is 8.51. The summed E-state index contributed by atoms with van der Waals surface area (Å²) in [5, 5.41) is 13.3. The molecule has 2 aromatic carbocycles. The summed E-state index contributed by atoms with van der Waals surface area (Å²) in [4.78, 5) is 36.6. The molecule has 1 aliphatic heterocycles. The van der Waals surface area contributed by atoms with Crippen LogP contribution in [-0.4, -0.2) is 40.9 Å². The molecule has 0 aliphatic carbocycles. The van der Waals surface area contributed by atoms with Gasteiger partial charge in [-0.3, -0.25) is 19.7 Å². The molecule has 1 atom stereocenters. The lowest BCUT2D eigenvalue weighted by Crippen LogP contribution is -2.48. The van der Waals surface area contributed by atoms with Crippen molar-refractivity contribution in [3.05, 3.63) is 70.3 Å². The third-order valence-electron chi connectivity index (χ3n) is 4.22. The number of nitro groups is 1. The molecule has 1 unspecified atom stereocenters. The van der Waals surface area contributed by atoms with Crippen molar-refractivity contribution in [1.29, 1.82) is 0 Å². The molecular formula is C19H19N3O5. The number of hydrogen-bond acceptors (Lipinski definition) is 5. The van der Waals surface area contributed by atoms with Crippen LogP contribution < -0.4 is 5.32 Å². The summed E-state index contributed by atoms with van der Waals surface area (Å²) >= 11 is 0. The topological polar surface area (TPSA) is 102 Å².